The molecule has 7 aromatic heterocycles. The zero-order valence-electron chi connectivity index (χ0n) is 45.1. The van der Waals surface area contributed by atoms with Gasteiger partial charge >= 0.3 is 0 Å². The van der Waals surface area contributed by atoms with Crippen LogP contribution in [-0.2, 0) is 0 Å². The van der Waals surface area contributed by atoms with Gasteiger partial charge in [-0.3, -0.25) is 13.7 Å². The van der Waals surface area contributed by atoms with Crippen molar-refractivity contribution in [1.82, 2.24) is 37.4 Å². The largest absolute Gasteiger partial charge is 0.309 e. The molecule has 390 valence electrons. The van der Waals surface area contributed by atoms with E-state index in [9.17, 15) is 0 Å². The van der Waals surface area contributed by atoms with Gasteiger partial charge in [0.1, 0.15) is 11.6 Å². The quantitative estimate of drug-likeness (QED) is 0.167. The van der Waals surface area contributed by atoms with E-state index in [0.29, 0.717) is 5.95 Å². The van der Waals surface area contributed by atoms with Gasteiger partial charge in [0.15, 0.2) is 0 Å². The van der Waals surface area contributed by atoms with Crippen molar-refractivity contribution in [3.05, 3.63) is 279 Å². The van der Waals surface area contributed by atoms with Crippen LogP contribution in [0.5, 0.6) is 0 Å². The summed E-state index contributed by atoms with van der Waals surface area (Å²) in [6, 6.07) is 101. The zero-order chi connectivity index (χ0) is 54.7. The summed E-state index contributed by atoms with van der Waals surface area (Å²) in [5.41, 5.74) is 16.4. The monoisotopic (exact) mass is 1070 g/mol. The maximum absolute atomic E-state index is 5.88. The van der Waals surface area contributed by atoms with Gasteiger partial charge in [0.25, 0.3) is 0 Å². The van der Waals surface area contributed by atoms with Crippen LogP contribution in [0, 0.1) is 0 Å². The van der Waals surface area contributed by atoms with Gasteiger partial charge in [-0.05, 0) is 91.0 Å². The van der Waals surface area contributed by atoms with Crippen molar-refractivity contribution in [3.63, 3.8) is 0 Å². The number of benzene rings is 12. The summed E-state index contributed by atoms with van der Waals surface area (Å²) in [4.78, 5) is 11.8. The first kappa shape index (κ1) is 45.3. The number of nitrogens with zero attached hydrogens (tertiary/aromatic N) is 8. The fourth-order valence-corrected chi connectivity index (χ4v) is 14.6. The first-order valence-corrected chi connectivity index (χ1v) is 28.7. The molecular weight excluding hydrogens is 1020 g/mol. The van der Waals surface area contributed by atoms with Crippen molar-refractivity contribution >= 4 is 131 Å². The Morgan fingerprint density at radius 1 is 0.179 bits per heavy atom. The van der Waals surface area contributed by atoms with Crippen LogP contribution in [0.3, 0.4) is 0 Å². The Kier molecular flexibility index (Phi) is 9.18. The highest BCUT2D eigenvalue weighted by Crippen LogP contribution is 2.45. The van der Waals surface area contributed by atoms with Crippen LogP contribution in [0.1, 0.15) is 0 Å². The predicted octanol–water partition coefficient (Wildman–Crippen LogP) is 19.1. The van der Waals surface area contributed by atoms with E-state index in [1.54, 1.807) is 0 Å². The van der Waals surface area contributed by atoms with E-state index in [2.05, 4.69) is 306 Å². The van der Waals surface area contributed by atoms with E-state index in [1.807, 2.05) is 0 Å². The van der Waals surface area contributed by atoms with Crippen LogP contribution < -0.4 is 0 Å². The molecule has 19 aromatic rings. The van der Waals surface area contributed by atoms with E-state index in [4.69, 9.17) is 9.97 Å². The number of hydrogen-bond acceptors (Lipinski definition) is 2. The summed E-state index contributed by atoms with van der Waals surface area (Å²) < 4.78 is 14.4. The average molecular weight is 1070 g/mol. The molecule has 0 amide bonds. The standard InChI is InChI=1S/C76H46N8/c1-10-31-56-47(22-1)48-23-2-11-32-57(48)79(56)65-40-19-43-68-73(65)53-28-7-16-37-62(53)82(68)71-46-72(83-63-38-17-8-29-54(63)74-66(41-20-44-69(74)83)80-58-33-12-3-24-49(58)50-25-4-13-34-59(50)80)78-76(77-71)84-64-39-18-9-30-55(64)75-67(42-21-45-70(75)84)81-60-35-14-5-26-51(60)52-27-6-15-36-61(52)81/h1-46H. The third-order valence-electron chi connectivity index (χ3n) is 17.8. The Bertz CT molecular complexity index is 5260. The summed E-state index contributed by atoms with van der Waals surface area (Å²) in [5, 5.41) is 14.1. The van der Waals surface area contributed by atoms with Gasteiger partial charge in [-0.15, -0.1) is 0 Å². The molecular formula is C76H46N8. The van der Waals surface area contributed by atoms with Crippen molar-refractivity contribution in [1.29, 1.82) is 0 Å². The Hall–Kier alpha value is -11.5. The Morgan fingerprint density at radius 3 is 0.679 bits per heavy atom. The van der Waals surface area contributed by atoms with Crippen molar-refractivity contribution in [2.24, 2.45) is 0 Å². The fraction of sp³-hybridized carbons (Fsp3) is 0. The molecule has 0 N–H and O–H groups in total. The first-order valence-electron chi connectivity index (χ1n) is 28.7. The Balaban J connectivity index is 0.941. The molecule has 0 aliphatic carbocycles. The molecule has 19 rings (SSSR count). The highest BCUT2D eigenvalue weighted by molar-refractivity contribution is 6.20. The van der Waals surface area contributed by atoms with Crippen molar-refractivity contribution in [2.45, 2.75) is 0 Å². The molecule has 12 aromatic carbocycles. The summed E-state index contributed by atoms with van der Waals surface area (Å²) >= 11 is 0. The molecule has 0 bridgehead atoms. The van der Waals surface area contributed by atoms with Crippen LogP contribution in [0.15, 0.2) is 279 Å². The van der Waals surface area contributed by atoms with Crippen molar-refractivity contribution in [3.8, 4) is 34.6 Å². The predicted molar refractivity (Wildman–Crippen MR) is 348 cm³/mol. The van der Waals surface area contributed by atoms with Crippen LogP contribution in [-0.4, -0.2) is 37.4 Å². The number of hydrogen-bond donors (Lipinski definition) is 0. The second-order valence-corrected chi connectivity index (χ2v) is 22.1. The zero-order valence-corrected chi connectivity index (χ0v) is 45.1. The lowest BCUT2D eigenvalue weighted by atomic mass is 10.1. The van der Waals surface area contributed by atoms with E-state index in [0.717, 1.165) is 127 Å². The molecule has 8 nitrogen and oxygen atoms in total. The molecule has 0 atom stereocenters. The average Bonchev–Trinajstić information content (AvgIpc) is 2.48. The maximum atomic E-state index is 5.88. The van der Waals surface area contributed by atoms with Gasteiger partial charge in [0.05, 0.1) is 83.3 Å². The smallest absolute Gasteiger partial charge is 0.238 e. The Morgan fingerprint density at radius 2 is 0.393 bits per heavy atom. The Labute approximate surface area is 479 Å². The van der Waals surface area contributed by atoms with Gasteiger partial charge in [-0.1, -0.05) is 182 Å². The third kappa shape index (κ3) is 6.04. The fourth-order valence-electron chi connectivity index (χ4n) is 14.6. The molecule has 0 aliphatic rings. The van der Waals surface area contributed by atoms with Crippen LogP contribution in [0.2, 0.25) is 0 Å². The van der Waals surface area contributed by atoms with E-state index >= 15 is 0 Å². The highest BCUT2D eigenvalue weighted by Gasteiger charge is 2.27. The molecule has 0 saturated heterocycles. The normalized spacial score (nSPS) is 12.3. The minimum absolute atomic E-state index is 0.557. The highest BCUT2D eigenvalue weighted by atomic mass is 15.2. The molecule has 0 radical (unpaired) electrons. The van der Waals surface area contributed by atoms with Gasteiger partial charge < -0.3 is 13.7 Å². The maximum Gasteiger partial charge on any atom is 0.238 e. The summed E-state index contributed by atoms with van der Waals surface area (Å²) in [5.74, 6) is 2.05. The molecule has 0 spiro atoms. The summed E-state index contributed by atoms with van der Waals surface area (Å²) in [6.45, 7) is 0. The number of rotatable bonds is 6. The van der Waals surface area contributed by atoms with Crippen LogP contribution in [0.25, 0.3) is 165 Å². The molecule has 0 fully saturated rings. The van der Waals surface area contributed by atoms with Gasteiger partial charge in [0, 0.05) is 70.7 Å². The van der Waals surface area contributed by atoms with Crippen LogP contribution in [0.4, 0.5) is 0 Å². The van der Waals surface area contributed by atoms with Crippen molar-refractivity contribution in [2.75, 3.05) is 0 Å². The number of aromatic nitrogens is 8. The SMILES string of the molecule is c1ccc2c(c1)c1ccccc1n2-c1cccc2c1c1ccccc1n2-c1cc(-n2c3ccccc3c3c(-n4c5ccccc5c5ccccc54)cccc32)nc(-n2c3ccccc3c3c(-n4c5ccccc5c5ccccc54)cccc32)n1. The summed E-state index contributed by atoms with van der Waals surface area (Å²) in [6.07, 6.45) is 0. The lowest BCUT2D eigenvalue weighted by Crippen LogP contribution is -2.10. The molecule has 7 heterocycles. The van der Waals surface area contributed by atoms with Gasteiger partial charge in [0.2, 0.25) is 5.95 Å². The molecule has 0 aliphatic heterocycles. The summed E-state index contributed by atoms with van der Waals surface area (Å²) in [7, 11) is 0. The van der Waals surface area contributed by atoms with E-state index < -0.39 is 0 Å². The molecule has 0 unspecified atom stereocenters. The second-order valence-electron chi connectivity index (χ2n) is 22.1. The minimum Gasteiger partial charge on any atom is -0.309 e. The number of fused-ring (bicyclic) bond motifs is 18. The number of para-hydroxylation sites is 9. The van der Waals surface area contributed by atoms with E-state index in [-0.39, 0.29) is 0 Å². The minimum atomic E-state index is 0.557. The third-order valence-corrected chi connectivity index (χ3v) is 17.8. The van der Waals surface area contributed by atoms with Crippen LogP contribution >= 0.6 is 0 Å². The topological polar surface area (TPSA) is 55.4 Å². The van der Waals surface area contributed by atoms with Gasteiger partial charge in [-0.25, -0.2) is 0 Å². The molecule has 0 saturated carbocycles. The molecule has 8 heteroatoms. The second kappa shape index (κ2) is 17.0. The first-order chi connectivity index (χ1) is 41.7. The lowest BCUT2D eigenvalue weighted by molar-refractivity contribution is 0.918. The molecule has 84 heavy (non-hydrogen) atoms. The van der Waals surface area contributed by atoms with E-state index in [1.165, 1.54) is 32.3 Å². The lowest BCUT2D eigenvalue weighted by Gasteiger charge is -2.16. The van der Waals surface area contributed by atoms with Gasteiger partial charge in [-0.2, -0.15) is 9.97 Å². The van der Waals surface area contributed by atoms with Crippen molar-refractivity contribution < 1.29 is 0 Å².